The standard InChI is InChI=1S/C23H23N5O5S/c1-32-20-11-10-18(13-21(20)33-2)34(30,31)27-12-6-9-19(27)23(29)26-22-16(14-24)15-25-28(22)17-7-4-3-5-8-17/h3-5,7-8,10-11,13,15,19H,6,9,12H2,1-2H3,(H,26,29). The second-order valence-electron chi connectivity index (χ2n) is 7.55. The molecule has 1 aliphatic rings. The first kappa shape index (κ1) is 23.3. The summed E-state index contributed by atoms with van der Waals surface area (Å²) in [5.41, 5.74) is 0.824. The Bertz CT molecular complexity index is 1350. The fourth-order valence-electron chi connectivity index (χ4n) is 3.92. The molecule has 3 aromatic rings. The van der Waals surface area contributed by atoms with E-state index in [1.807, 2.05) is 24.3 Å². The zero-order valence-electron chi connectivity index (χ0n) is 18.6. The molecule has 1 unspecified atom stereocenters. The SMILES string of the molecule is COc1ccc(S(=O)(=O)N2CCCC2C(=O)Nc2c(C#N)cnn2-c2ccccc2)cc1OC. The van der Waals surface area contributed by atoms with E-state index in [-0.39, 0.29) is 28.6 Å². The molecule has 1 amide bonds. The molecule has 0 saturated carbocycles. The molecule has 34 heavy (non-hydrogen) atoms. The van der Waals surface area contributed by atoms with Crippen LogP contribution in [-0.4, -0.2) is 55.2 Å². The van der Waals surface area contributed by atoms with Gasteiger partial charge in [0.1, 0.15) is 17.7 Å². The summed E-state index contributed by atoms with van der Waals surface area (Å²) in [5, 5.41) is 16.4. The third-order valence-electron chi connectivity index (χ3n) is 5.60. The van der Waals surface area contributed by atoms with Gasteiger partial charge in [-0.15, -0.1) is 0 Å². The number of hydrogen-bond donors (Lipinski definition) is 1. The van der Waals surface area contributed by atoms with Gasteiger partial charge < -0.3 is 14.8 Å². The van der Waals surface area contributed by atoms with Gasteiger partial charge in [0.15, 0.2) is 17.3 Å². The molecular weight excluding hydrogens is 458 g/mol. The zero-order valence-corrected chi connectivity index (χ0v) is 19.4. The summed E-state index contributed by atoms with van der Waals surface area (Å²) in [6.07, 6.45) is 2.22. The highest BCUT2D eigenvalue weighted by Gasteiger charge is 2.40. The third kappa shape index (κ3) is 4.21. The van der Waals surface area contributed by atoms with E-state index >= 15 is 0 Å². The van der Waals surface area contributed by atoms with E-state index in [9.17, 15) is 18.5 Å². The Labute approximate surface area is 197 Å². The summed E-state index contributed by atoms with van der Waals surface area (Å²) in [7, 11) is -1.12. The van der Waals surface area contributed by atoms with Crippen molar-refractivity contribution in [2.45, 2.75) is 23.8 Å². The Morgan fingerprint density at radius 3 is 2.56 bits per heavy atom. The van der Waals surface area contributed by atoms with Gasteiger partial charge in [-0.25, -0.2) is 13.1 Å². The minimum atomic E-state index is -4.00. The van der Waals surface area contributed by atoms with Crippen LogP contribution >= 0.6 is 0 Å². The van der Waals surface area contributed by atoms with Gasteiger partial charge in [0.2, 0.25) is 15.9 Å². The largest absolute Gasteiger partial charge is 0.493 e. The summed E-state index contributed by atoms with van der Waals surface area (Å²) in [4.78, 5) is 13.3. The first-order chi connectivity index (χ1) is 16.4. The predicted molar refractivity (Wildman–Crippen MR) is 123 cm³/mol. The van der Waals surface area contributed by atoms with Crippen molar-refractivity contribution >= 4 is 21.7 Å². The van der Waals surface area contributed by atoms with E-state index in [0.717, 1.165) is 0 Å². The number of nitrogens with one attached hydrogen (secondary N) is 1. The predicted octanol–water partition coefficient (Wildman–Crippen LogP) is 2.55. The van der Waals surface area contributed by atoms with Crippen LogP contribution < -0.4 is 14.8 Å². The number of nitriles is 1. The number of sulfonamides is 1. The second-order valence-corrected chi connectivity index (χ2v) is 9.44. The van der Waals surface area contributed by atoms with Gasteiger partial charge in [0.05, 0.1) is 31.0 Å². The summed E-state index contributed by atoms with van der Waals surface area (Å²) in [6.45, 7) is 0.192. The maximum atomic E-state index is 13.4. The number of nitrogens with zero attached hydrogens (tertiary/aromatic N) is 4. The number of methoxy groups -OCH3 is 2. The number of carbonyl (C=O) groups excluding carboxylic acids is 1. The maximum Gasteiger partial charge on any atom is 0.244 e. The Morgan fingerprint density at radius 2 is 1.88 bits per heavy atom. The Hall–Kier alpha value is -3.88. The molecule has 1 aromatic heterocycles. The topological polar surface area (TPSA) is 127 Å². The summed E-state index contributed by atoms with van der Waals surface area (Å²) < 4.78 is 39.9. The normalized spacial score (nSPS) is 16.1. The van der Waals surface area contributed by atoms with Crippen LogP contribution in [0.3, 0.4) is 0 Å². The molecule has 1 atom stereocenters. The number of carbonyl (C=O) groups is 1. The van der Waals surface area contributed by atoms with E-state index in [0.29, 0.717) is 24.3 Å². The molecule has 1 aliphatic heterocycles. The first-order valence-corrected chi connectivity index (χ1v) is 11.9. The first-order valence-electron chi connectivity index (χ1n) is 10.5. The monoisotopic (exact) mass is 481 g/mol. The van der Waals surface area contributed by atoms with E-state index in [2.05, 4.69) is 10.4 Å². The average Bonchev–Trinajstić information content (AvgIpc) is 3.52. The van der Waals surface area contributed by atoms with Gasteiger partial charge in [0.25, 0.3) is 0 Å². The number of hydrogen-bond acceptors (Lipinski definition) is 7. The van der Waals surface area contributed by atoms with Crippen LogP contribution in [0, 0.1) is 11.3 Å². The van der Waals surface area contributed by atoms with Crippen molar-refractivity contribution in [2.75, 3.05) is 26.1 Å². The van der Waals surface area contributed by atoms with Gasteiger partial charge in [-0.3, -0.25) is 4.79 Å². The van der Waals surface area contributed by atoms with E-state index in [1.165, 1.54) is 47.6 Å². The van der Waals surface area contributed by atoms with Crippen LogP contribution in [0.1, 0.15) is 18.4 Å². The van der Waals surface area contributed by atoms with Crippen LogP contribution in [-0.2, 0) is 14.8 Å². The molecule has 0 aliphatic carbocycles. The lowest BCUT2D eigenvalue weighted by Gasteiger charge is -2.24. The molecule has 4 rings (SSSR count). The lowest BCUT2D eigenvalue weighted by Crippen LogP contribution is -2.43. The Balaban J connectivity index is 1.63. The molecule has 1 N–H and O–H groups in total. The zero-order chi connectivity index (χ0) is 24.3. The maximum absolute atomic E-state index is 13.4. The molecule has 0 spiro atoms. The number of benzene rings is 2. The number of aromatic nitrogens is 2. The molecular formula is C23H23N5O5S. The minimum absolute atomic E-state index is 0.00288. The van der Waals surface area contributed by atoms with Crippen LogP contribution in [0.2, 0.25) is 0 Å². The number of anilines is 1. The summed E-state index contributed by atoms with van der Waals surface area (Å²) >= 11 is 0. The van der Waals surface area contributed by atoms with Crippen molar-refractivity contribution in [3.05, 3.63) is 60.3 Å². The van der Waals surface area contributed by atoms with Crippen molar-refractivity contribution in [3.63, 3.8) is 0 Å². The lowest BCUT2D eigenvalue weighted by atomic mass is 10.2. The molecule has 0 bridgehead atoms. The fourth-order valence-corrected chi connectivity index (χ4v) is 5.59. The highest BCUT2D eigenvalue weighted by molar-refractivity contribution is 7.89. The molecule has 2 aromatic carbocycles. The molecule has 0 radical (unpaired) electrons. The van der Waals surface area contributed by atoms with Crippen LogP contribution in [0.4, 0.5) is 5.82 Å². The van der Waals surface area contributed by atoms with E-state index < -0.39 is 22.0 Å². The van der Waals surface area contributed by atoms with Crippen molar-refractivity contribution in [1.82, 2.24) is 14.1 Å². The van der Waals surface area contributed by atoms with Gasteiger partial charge in [-0.1, -0.05) is 18.2 Å². The van der Waals surface area contributed by atoms with E-state index in [4.69, 9.17) is 9.47 Å². The Kier molecular flexibility index (Phi) is 6.54. The third-order valence-corrected chi connectivity index (χ3v) is 7.50. The summed E-state index contributed by atoms with van der Waals surface area (Å²) in [5.74, 6) is 0.328. The van der Waals surface area contributed by atoms with Crippen LogP contribution in [0.5, 0.6) is 11.5 Å². The smallest absolute Gasteiger partial charge is 0.244 e. The number of rotatable bonds is 7. The minimum Gasteiger partial charge on any atom is -0.493 e. The highest BCUT2D eigenvalue weighted by Crippen LogP contribution is 2.33. The Morgan fingerprint density at radius 1 is 1.15 bits per heavy atom. The number of para-hydroxylation sites is 1. The van der Waals surface area contributed by atoms with Crippen molar-refractivity contribution < 1.29 is 22.7 Å². The van der Waals surface area contributed by atoms with E-state index in [1.54, 1.807) is 12.1 Å². The van der Waals surface area contributed by atoms with Crippen molar-refractivity contribution in [1.29, 1.82) is 5.26 Å². The van der Waals surface area contributed by atoms with Gasteiger partial charge in [-0.2, -0.15) is 14.7 Å². The fraction of sp³-hybridized carbons (Fsp3) is 0.261. The highest BCUT2D eigenvalue weighted by atomic mass is 32.2. The van der Waals surface area contributed by atoms with Gasteiger partial charge >= 0.3 is 0 Å². The average molecular weight is 482 g/mol. The number of amides is 1. The van der Waals surface area contributed by atoms with Crippen molar-refractivity contribution in [3.8, 4) is 23.3 Å². The van der Waals surface area contributed by atoms with Crippen molar-refractivity contribution in [2.24, 2.45) is 0 Å². The molecule has 176 valence electrons. The molecule has 1 saturated heterocycles. The van der Waals surface area contributed by atoms with Gasteiger partial charge in [-0.05, 0) is 37.1 Å². The molecule has 2 heterocycles. The quantitative estimate of drug-likeness (QED) is 0.549. The molecule has 1 fully saturated rings. The van der Waals surface area contributed by atoms with Gasteiger partial charge in [0, 0.05) is 12.6 Å². The molecule has 10 nitrogen and oxygen atoms in total. The van der Waals surface area contributed by atoms with Crippen LogP contribution in [0.15, 0.2) is 59.6 Å². The van der Waals surface area contributed by atoms with Crippen LogP contribution in [0.25, 0.3) is 5.69 Å². The molecule has 11 heteroatoms. The number of ether oxygens (including phenoxy) is 2. The lowest BCUT2D eigenvalue weighted by molar-refractivity contribution is -0.119. The second kappa shape index (κ2) is 9.54. The summed E-state index contributed by atoms with van der Waals surface area (Å²) in [6, 6.07) is 14.4.